The Hall–Kier alpha value is -3.04. The highest BCUT2D eigenvalue weighted by Gasteiger charge is 2.61. The van der Waals surface area contributed by atoms with Crippen molar-refractivity contribution in [3.63, 3.8) is 0 Å². The molecule has 0 saturated carbocycles. The van der Waals surface area contributed by atoms with E-state index in [2.05, 4.69) is 36.4 Å². The monoisotopic (exact) mass is 613 g/mol. The maximum absolute atomic E-state index is 13.8. The summed E-state index contributed by atoms with van der Waals surface area (Å²) in [5.41, 5.74) is 0.386. The number of nitrogens with one attached hydrogen (secondary N) is 3. The molecule has 3 amide bonds. The van der Waals surface area contributed by atoms with Crippen molar-refractivity contribution in [3.8, 4) is 0 Å². The molecule has 1 aromatic heterocycles. The van der Waals surface area contributed by atoms with Gasteiger partial charge in [-0.15, -0.1) is 16.9 Å². The van der Waals surface area contributed by atoms with E-state index in [1.807, 2.05) is 6.92 Å². The lowest BCUT2D eigenvalue weighted by Gasteiger charge is -2.47. The van der Waals surface area contributed by atoms with Crippen molar-refractivity contribution >= 4 is 35.5 Å². The first-order chi connectivity index (χ1) is 20.7. The van der Waals surface area contributed by atoms with Gasteiger partial charge < -0.3 is 30.9 Å². The van der Waals surface area contributed by atoms with Crippen molar-refractivity contribution in [2.24, 2.45) is 17.3 Å². The predicted octanol–water partition coefficient (Wildman–Crippen LogP) is -0.452. The van der Waals surface area contributed by atoms with Crippen LogP contribution in [0.15, 0.2) is 16.9 Å². The Kier molecular flexibility index (Phi) is 7.24. The zero-order valence-corrected chi connectivity index (χ0v) is 25.3. The first kappa shape index (κ1) is 28.7. The molecule has 3 unspecified atom stereocenters. The van der Waals surface area contributed by atoms with Crippen molar-refractivity contribution in [3.05, 3.63) is 16.9 Å². The molecule has 5 fully saturated rings. The van der Waals surface area contributed by atoms with Crippen LogP contribution in [0, 0.1) is 17.3 Å². The summed E-state index contributed by atoms with van der Waals surface area (Å²) in [7, 11) is 0. The molecule has 1 aromatic rings. The number of carbonyl (C=O) groups excluding carboxylic acids is 3. The Labute approximate surface area is 253 Å². The minimum atomic E-state index is -1.13. The zero-order chi connectivity index (χ0) is 30.0. The predicted molar refractivity (Wildman–Crippen MR) is 154 cm³/mol. The topological polar surface area (TPSA) is 175 Å². The fourth-order valence-corrected chi connectivity index (χ4v) is 10.3. The standard InChI is InChI=1S/C28H39N9O5S/c1-14-22-21(15(2)32-20(38)11-35-13-31-33-34-35)26(40)37(22)23(27(41)42)24(14)43-18-7-19(30-10-18)25(39)36-16-3-4-17(36)9-28(8-16)5-6-29-12-28/h13-19,21-22,29-30H,3-12H2,1-2H3,(H,32,38)(H,41,42)/t14-,15-,16?,17?,18?,19+,21-,22-,28?/m1/s1. The summed E-state index contributed by atoms with van der Waals surface area (Å²) in [6.07, 6.45) is 7.50. The van der Waals surface area contributed by atoms with Crippen LogP contribution in [0.4, 0.5) is 0 Å². The Morgan fingerprint density at radius 1 is 1.26 bits per heavy atom. The molecule has 2 bridgehead atoms. The second-order valence-electron chi connectivity index (χ2n) is 13.3. The number of hydrogen-bond acceptors (Lipinski definition) is 10. The summed E-state index contributed by atoms with van der Waals surface area (Å²) in [5.74, 6) is -2.31. The number of hydrogen-bond donors (Lipinski definition) is 4. The number of rotatable bonds is 8. The summed E-state index contributed by atoms with van der Waals surface area (Å²) in [5, 5.41) is 30.7. The quantitative estimate of drug-likeness (QED) is 0.280. The van der Waals surface area contributed by atoms with Gasteiger partial charge in [-0.25, -0.2) is 9.48 Å². The summed E-state index contributed by atoms with van der Waals surface area (Å²) < 4.78 is 1.29. The molecule has 0 radical (unpaired) electrons. The van der Waals surface area contributed by atoms with Gasteiger partial charge in [-0.05, 0) is 67.8 Å². The van der Waals surface area contributed by atoms with E-state index in [0.29, 0.717) is 35.4 Å². The summed E-state index contributed by atoms with van der Waals surface area (Å²) >= 11 is 1.49. The van der Waals surface area contributed by atoms with E-state index < -0.39 is 17.9 Å². The van der Waals surface area contributed by atoms with Crippen molar-refractivity contribution in [1.29, 1.82) is 0 Å². The first-order valence-corrected chi connectivity index (χ1v) is 16.3. The van der Waals surface area contributed by atoms with E-state index in [-0.39, 0.29) is 53.2 Å². The lowest BCUT2D eigenvalue weighted by molar-refractivity contribution is -0.158. The minimum absolute atomic E-state index is 0.0224. The maximum Gasteiger partial charge on any atom is 0.353 e. The van der Waals surface area contributed by atoms with Crippen LogP contribution in [0.5, 0.6) is 0 Å². The molecule has 14 nitrogen and oxygen atoms in total. The van der Waals surface area contributed by atoms with Gasteiger partial charge in [-0.1, -0.05) is 6.92 Å². The summed E-state index contributed by atoms with van der Waals surface area (Å²) in [6, 6.07) is -0.481. The molecule has 7 heterocycles. The van der Waals surface area contributed by atoms with E-state index in [1.54, 1.807) is 6.92 Å². The van der Waals surface area contributed by atoms with E-state index in [9.17, 15) is 24.3 Å². The molecule has 4 N–H and O–H groups in total. The van der Waals surface area contributed by atoms with Crippen LogP contribution < -0.4 is 16.0 Å². The lowest BCUT2D eigenvalue weighted by atomic mass is 9.74. The third-order valence-electron chi connectivity index (χ3n) is 10.6. The number of tetrazole rings is 1. The number of thioether (sulfide) groups is 1. The van der Waals surface area contributed by atoms with Gasteiger partial charge in [0.2, 0.25) is 17.7 Å². The molecule has 6 aliphatic heterocycles. The molecule has 0 aromatic carbocycles. The second kappa shape index (κ2) is 10.8. The van der Waals surface area contributed by atoms with Gasteiger partial charge in [0.1, 0.15) is 18.6 Å². The van der Waals surface area contributed by atoms with Crippen LogP contribution in [0.3, 0.4) is 0 Å². The van der Waals surface area contributed by atoms with E-state index in [1.165, 1.54) is 34.1 Å². The van der Waals surface area contributed by atoms with Gasteiger partial charge in [-0.2, -0.15) is 0 Å². The van der Waals surface area contributed by atoms with Crippen molar-refractivity contribution in [2.45, 2.75) is 94.4 Å². The van der Waals surface area contributed by atoms with Crippen molar-refractivity contribution in [1.82, 2.24) is 46.0 Å². The molecule has 7 rings (SSSR count). The minimum Gasteiger partial charge on any atom is -0.477 e. The molecule has 1 spiro atoms. The highest BCUT2D eigenvalue weighted by molar-refractivity contribution is 8.03. The molecule has 0 aliphatic carbocycles. The number of amides is 3. The van der Waals surface area contributed by atoms with Gasteiger partial charge in [0, 0.05) is 47.3 Å². The van der Waals surface area contributed by atoms with Crippen LogP contribution in [0.1, 0.15) is 52.4 Å². The molecule has 15 heteroatoms. The average molecular weight is 614 g/mol. The van der Waals surface area contributed by atoms with E-state index >= 15 is 0 Å². The Morgan fingerprint density at radius 2 is 2.02 bits per heavy atom. The number of piperidine rings is 1. The number of nitrogens with zero attached hydrogens (tertiary/aromatic N) is 6. The fourth-order valence-electron chi connectivity index (χ4n) is 8.78. The average Bonchev–Trinajstić information content (AvgIpc) is 3.78. The number of β-lactam (4-membered cyclic amide) rings is 1. The molecule has 8 atom stereocenters. The SMILES string of the molecule is C[C@@H](NC(=O)Cn1cnnn1)[C@H]1C(=O)N2C(C(=O)O)=C(SC3CN[C@H](C(=O)N4C5CCC4CC4(CCNC4)C5)C3)[C@H](C)[C@H]12. The van der Waals surface area contributed by atoms with Crippen LogP contribution in [0.2, 0.25) is 0 Å². The summed E-state index contributed by atoms with van der Waals surface area (Å²) in [6.45, 7) is 6.39. The van der Waals surface area contributed by atoms with Crippen LogP contribution in [-0.4, -0.2) is 114 Å². The highest BCUT2D eigenvalue weighted by Crippen LogP contribution is 2.52. The maximum atomic E-state index is 13.8. The Morgan fingerprint density at radius 3 is 2.67 bits per heavy atom. The van der Waals surface area contributed by atoms with E-state index in [4.69, 9.17) is 0 Å². The molecule has 232 valence electrons. The van der Waals surface area contributed by atoms with Gasteiger partial charge >= 0.3 is 5.97 Å². The third kappa shape index (κ3) is 4.83. The number of aromatic nitrogens is 4. The summed E-state index contributed by atoms with van der Waals surface area (Å²) in [4.78, 5) is 56.2. The lowest BCUT2D eigenvalue weighted by Crippen LogP contribution is -2.66. The van der Waals surface area contributed by atoms with Crippen LogP contribution in [-0.2, 0) is 25.7 Å². The molecule has 43 heavy (non-hydrogen) atoms. The number of carbonyl (C=O) groups is 4. The smallest absolute Gasteiger partial charge is 0.353 e. The normalized spacial score (nSPS) is 37.2. The van der Waals surface area contributed by atoms with Gasteiger partial charge in [0.15, 0.2) is 0 Å². The Bertz CT molecular complexity index is 1330. The molecule has 5 saturated heterocycles. The highest BCUT2D eigenvalue weighted by atomic mass is 32.2. The van der Waals surface area contributed by atoms with Gasteiger partial charge in [0.05, 0.1) is 18.0 Å². The number of carboxylic acids is 1. The molecular weight excluding hydrogens is 574 g/mol. The fraction of sp³-hybridized carbons (Fsp3) is 0.750. The zero-order valence-electron chi connectivity index (χ0n) is 24.4. The van der Waals surface area contributed by atoms with Crippen molar-refractivity contribution < 1.29 is 24.3 Å². The number of carboxylic acid groups (broad SMARTS) is 1. The van der Waals surface area contributed by atoms with Crippen LogP contribution in [0.25, 0.3) is 0 Å². The Balaban J connectivity index is 0.991. The number of fused-ring (bicyclic) bond motifs is 3. The van der Waals surface area contributed by atoms with Gasteiger partial charge in [-0.3, -0.25) is 14.4 Å². The largest absolute Gasteiger partial charge is 0.477 e. The molecular formula is C28H39N9O5S. The van der Waals surface area contributed by atoms with E-state index in [0.717, 1.165) is 38.8 Å². The van der Waals surface area contributed by atoms with Crippen LogP contribution >= 0.6 is 11.8 Å². The van der Waals surface area contributed by atoms with Gasteiger partial charge in [0.25, 0.3) is 0 Å². The molecule has 6 aliphatic rings. The first-order valence-electron chi connectivity index (χ1n) is 15.4. The second-order valence-corrected chi connectivity index (χ2v) is 14.6. The van der Waals surface area contributed by atoms with Crippen molar-refractivity contribution in [2.75, 3.05) is 19.6 Å². The third-order valence-corrected chi connectivity index (χ3v) is 12.2. The number of aliphatic carboxylic acids is 1.